The van der Waals surface area contributed by atoms with Crippen molar-refractivity contribution in [2.75, 3.05) is 29.5 Å². The van der Waals surface area contributed by atoms with Crippen LogP contribution in [-0.2, 0) is 0 Å². The lowest BCUT2D eigenvalue weighted by atomic mass is 10.1. The van der Waals surface area contributed by atoms with Gasteiger partial charge in [-0.2, -0.15) is 4.98 Å². The molecule has 10 heteroatoms. The van der Waals surface area contributed by atoms with Gasteiger partial charge in [-0.3, -0.25) is 4.79 Å². The first kappa shape index (κ1) is 19.3. The number of hydrogen-bond acceptors (Lipinski definition) is 8. The zero-order chi connectivity index (χ0) is 20.1. The summed E-state index contributed by atoms with van der Waals surface area (Å²) in [5.74, 6) is 0.444. The number of nitrogens with two attached hydrogens (primary N) is 2. The van der Waals surface area contributed by atoms with E-state index in [1.807, 2.05) is 25.1 Å². The number of aromatic nitrogens is 4. The lowest BCUT2D eigenvalue weighted by Gasteiger charge is -2.11. The van der Waals surface area contributed by atoms with Crippen LogP contribution in [0.2, 0.25) is 5.02 Å². The van der Waals surface area contributed by atoms with E-state index in [1.165, 1.54) is 12.3 Å². The van der Waals surface area contributed by atoms with Crippen LogP contribution >= 0.6 is 11.6 Å². The molecule has 0 saturated heterocycles. The van der Waals surface area contributed by atoms with Crippen molar-refractivity contribution in [3.63, 3.8) is 0 Å². The summed E-state index contributed by atoms with van der Waals surface area (Å²) in [5, 5.41) is 6.83. The Morgan fingerprint density at radius 2 is 1.93 bits per heavy atom. The normalized spacial score (nSPS) is 10.5. The molecule has 0 saturated carbocycles. The van der Waals surface area contributed by atoms with Crippen LogP contribution in [0.25, 0.3) is 11.3 Å². The minimum absolute atomic E-state index is 0.149. The van der Waals surface area contributed by atoms with Crippen molar-refractivity contribution in [1.82, 2.24) is 19.9 Å². The highest BCUT2D eigenvalue weighted by molar-refractivity contribution is 6.31. The first-order chi connectivity index (χ1) is 13.4. The fourth-order valence-corrected chi connectivity index (χ4v) is 2.70. The number of carbonyl (C=O) groups is 1. The molecule has 9 nitrogen and oxygen atoms in total. The molecule has 3 aromatic rings. The molecule has 0 bridgehead atoms. The molecule has 144 valence electrons. The van der Waals surface area contributed by atoms with Crippen molar-refractivity contribution in [1.29, 1.82) is 0 Å². The fourth-order valence-electron chi connectivity index (χ4n) is 2.53. The fraction of sp³-hybridized carbons (Fsp3) is 0.167. The van der Waals surface area contributed by atoms with Gasteiger partial charge in [0, 0.05) is 35.9 Å². The van der Waals surface area contributed by atoms with Gasteiger partial charge in [0.15, 0.2) is 0 Å². The quantitative estimate of drug-likeness (QED) is 0.443. The Morgan fingerprint density at radius 1 is 1.14 bits per heavy atom. The molecular formula is C18H19ClN8O. The van der Waals surface area contributed by atoms with Crippen molar-refractivity contribution in [3.05, 3.63) is 52.8 Å². The molecule has 3 rings (SSSR count). The first-order valence-electron chi connectivity index (χ1n) is 8.44. The number of rotatable bonds is 7. The van der Waals surface area contributed by atoms with E-state index in [0.717, 1.165) is 11.1 Å². The van der Waals surface area contributed by atoms with Crippen LogP contribution in [0, 0.1) is 6.92 Å². The number of nitrogen functional groups attached to an aromatic ring is 1. The Balaban J connectivity index is 1.65. The summed E-state index contributed by atoms with van der Waals surface area (Å²) < 4.78 is 0. The number of benzene rings is 1. The molecule has 2 aromatic heterocycles. The molecular weight excluding hydrogens is 380 g/mol. The van der Waals surface area contributed by atoms with E-state index in [1.54, 1.807) is 6.07 Å². The van der Waals surface area contributed by atoms with Crippen LogP contribution in [0.15, 0.2) is 36.5 Å². The molecule has 0 aliphatic heterocycles. The maximum atomic E-state index is 11.2. The van der Waals surface area contributed by atoms with Gasteiger partial charge in [-0.05, 0) is 24.6 Å². The van der Waals surface area contributed by atoms with E-state index in [2.05, 4.69) is 30.6 Å². The van der Waals surface area contributed by atoms with Crippen LogP contribution in [0.1, 0.15) is 16.1 Å². The van der Waals surface area contributed by atoms with E-state index >= 15 is 0 Å². The first-order valence-corrected chi connectivity index (χ1v) is 8.82. The number of anilines is 3. The molecule has 28 heavy (non-hydrogen) atoms. The summed E-state index contributed by atoms with van der Waals surface area (Å²) in [6.07, 6.45) is 1.47. The lowest BCUT2D eigenvalue weighted by molar-refractivity contribution is 0.0995. The molecule has 0 fully saturated rings. The molecule has 0 unspecified atom stereocenters. The molecule has 0 spiro atoms. The summed E-state index contributed by atoms with van der Waals surface area (Å²) in [7, 11) is 0. The average Bonchev–Trinajstić information content (AvgIpc) is 2.67. The zero-order valence-electron chi connectivity index (χ0n) is 15.1. The number of carbonyl (C=O) groups excluding carboxylic acids is 1. The Hall–Kier alpha value is -3.46. The Labute approximate surface area is 166 Å². The smallest absolute Gasteiger partial charge is 0.267 e. The van der Waals surface area contributed by atoms with Gasteiger partial charge < -0.3 is 22.1 Å². The maximum Gasteiger partial charge on any atom is 0.267 e. The van der Waals surface area contributed by atoms with Gasteiger partial charge in [-0.1, -0.05) is 23.7 Å². The van der Waals surface area contributed by atoms with Crippen LogP contribution < -0.4 is 22.1 Å². The monoisotopic (exact) mass is 398 g/mol. The van der Waals surface area contributed by atoms with E-state index in [4.69, 9.17) is 23.1 Å². The summed E-state index contributed by atoms with van der Waals surface area (Å²) in [6.45, 7) is 2.92. The molecule has 1 aromatic carbocycles. The summed E-state index contributed by atoms with van der Waals surface area (Å²) in [4.78, 5) is 27.7. The SMILES string of the molecule is Cc1c(Cl)cccc1-c1cc(NCCNc2nccc(C(N)=O)n2)nc(N)n1. The minimum atomic E-state index is -0.608. The predicted molar refractivity (Wildman–Crippen MR) is 109 cm³/mol. The van der Waals surface area contributed by atoms with Gasteiger partial charge in [-0.25, -0.2) is 15.0 Å². The van der Waals surface area contributed by atoms with Crippen molar-refractivity contribution < 1.29 is 4.79 Å². The van der Waals surface area contributed by atoms with Crippen LogP contribution in [0.5, 0.6) is 0 Å². The zero-order valence-corrected chi connectivity index (χ0v) is 15.9. The topological polar surface area (TPSA) is 145 Å². The Morgan fingerprint density at radius 3 is 2.71 bits per heavy atom. The van der Waals surface area contributed by atoms with Crippen molar-refractivity contribution >= 4 is 35.2 Å². The third kappa shape index (κ3) is 4.63. The second kappa shape index (κ2) is 8.49. The van der Waals surface area contributed by atoms with E-state index in [-0.39, 0.29) is 11.6 Å². The average molecular weight is 399 g/mol. The third-order valence-corrected chi connectivity index (χ3v) is 4.32. The van der Waals surface area contributed by atoms with Gasteiger partial charge in [0.25, 0.3) is 5.91 Å². The Kier molecular flexibility index (Phi) is 5.85. The number of nitrogens with zero attached hydrogens (tertiary/aromatic N) is 4. The summed E-state index contributed by atoms with van der Waals surface area (Å²) >= 11 is 6.20. The standard InChI is InChI=1S/C18H19ClN8O/c1-10-11(3-2-4-12(10)19)14-9-15(27-17(21)25-14)22-7-8-24-18-23-6-5-13(26-18)16(20)28/h2-6,9H,7-8H2,1H3,(H2,20,28)(H,23,24,26)(H3,21,22,25,27). The van der Waals surface area contributed by atoms with E-state index in [0.29, 0.717) is 35.6 Å². The lowest BCUT2D eigenvalue weighted by Crippen LogP contribution is -2.18. The molecule has 0 aliphatic rings. The van der Waals surface area contributed by atoms with Gasteiger partial charge in [0.2, 0.25) is 11.9 Å². The highest BCUT2D eigenvalue weighted by Gasteiger charge is 2.09. The maximum absolute atomic E-state index is 11.2. The predicted octanol–water partition coefficient (Wildman–Crippen LogP) is 2.10. The van der Waals surface area contributed by atoms with Crippen molar-refractivity contribution in [2.24, 2.45) is 5.73 Å². The van der Waals surface area contributed by atoms with Crippen LogP contribution in [0.3, 0.4) is 0 Å². The Bertz CT molecular complexity index is 1010. The number of amides is 1. The molecule has 0 atom stereocenters. The highest BCUT2D eigenvalue weighted by Crippen LogP contribution is 2.28. The summed E-state index contributed by atoms with van der Waals surface area (Å²) in [6, 6.07) is 8.87. The molecule has 1 amide bonds. The number of halogens is 1. The van der Waals surface area contributed by atoms with Gasteiger partial charge in [0.1, 0.15) is 11.5 Å². The third-order valence-electron chi connectivity index (χ3n) is 3.91. The second-order valence-corrected chi connectivity index (χ2v) is 6.30. The van der Waals surface area contributed by atoms with Crippen molar-refractivity contribution in [3.8, 4) is 11.3 Å². The number of hydrogen-bond donors (Lipinski definition) is 4. The van der Waals surface area contributed by atoms with Crippen LogP contribution in [0.4, 0.5) is 17.7 Å². The molecule has 0 radical (unpaired) electrons. The van der Waals surface area contributed by atoms with Gasteiger partial charge >= 0.3 is 0 Å². The van der Waals surface area contributed by atoms with Gasteiger partial charge in [-0.15, -0.1) is 0 Å². The molecule has 2 heterocycles. The second-order valence-electron chi connectivity index (χ2n) is 5.89. The minimum Gasteiger partial charge on any atom is -0.368 e. The van der Waals surface area contributed by atoms with Crippen LogP contribution in [-0.4, -0.2) is 38.9 Å². The molecule has 0 aliphatic carbocycles. The number of nitrogens with one attached hydrogen (secondary N) is 2. The highest BCUT2D eigenvalue weighted by atomic mass is 35.5. The summed E-state index contributed by atoms with van der Waals surface area (Å²) in [5.41, 5.74) is 13.7. The van der Waals surface area contributed by atoms with Crippen molar-refractivity contribution in [2.45, 2.75) is 6.92 Å². The number of primary amides is 1. The molecule has 6 N–H and O–H groups in total. The van der Waals surface area contributed by atoms with E-state index < -0.39 is 5.91 Å². The van der Waals surface area contributed by atoms with Gasteiger partial charge in [0.05, 0.1) is 5.69 Å². The van der Waals surface area contributed by atoms with E-state index in [9.17, 15) is 4.79 Å². The largest absolute Gasteiger partial charge is 0.368 e.